The Morgan fingerprint density at radius 1 is 1.05 bits per heavy atom. The number of amides is 2. The molecule has 212 valence electrons. The molecule has 1 atom stereocenters. The molecule has 3 aromatic carbocycles. The Bertz CT molecular complexity index is 1610. The molecule has 12 heteroatoms. The first-order valence-corrected chi connectivity index (χ1v) is 12.9. The van der Waals surface area contributed by atoms with E-state index in [9.17, 15) is 22.8 Å². The van der Waals surface area contributed by atoms with E-state index in [1.54, 1.807) is 41.3 Å². The topological polar surface area (TPSA) is 122 Å². The normalized spacial score (nSPS) is 15.4. The molecular weight excluding hydrogens is 537 g/mol. The number of nitrogens with two attached hydrogens (primary N) is 1. The molecule has 1 saturated heterocycles. The van der Waals surface area contributed by atoms with Crippen LogP contribution in [0.3, 0.4) is 0 Å². The van der Waals surface area contributed by atoms with Gasteiger partial charge in [0, 0.05) is 49.1 Å². The molecule has 0 unspecified atom stereocenters. The predicted octanol–water partition coefficient (Wildman–Crippen LogP) is 5.58. The molecule has 1 aromatic heterocycles. The number of halogens is 3. The van der Waals surface area contributed by atoms with Crippen molar-refractivity contribution >= 4 is 39.8 Å². The van der Waals surface area contributed by atoms with Gasteiger partial charge in [-0.05, 0) is 66.1 Å². The van der Waals surface area contributed by atoms with Crippen LogP contribution in [0, 0.1) is 0 Å². The Balaban J connectivity index is 1.37. The Morgan fingerprint density at radius 2 is 1.88 bits per heavy atom. The van der Waals surface area contributed by atoms with Crippen molar-refractivity contribution in [3.63, 3.8) is 0 Å². The van der Waals surface area contributed by atoms with Crippen molar-refractivity contribution in [3.8, 4) is 11.6 Å². The third-order valence-electron chi connectivity index (χ3n) is 6.62. The van der Waals surface area contributed by atoms with Gasteiger partial charge < -0.3 is 26.0 Å². The number of anilines is 3. The van der Waals surface area contributed by atoms with Gasteiger partial charge in [-0.3, -0.25) is 9.59 Å². The standard InChI is InChI=1S/C29H27F3N6O3/c1-17(39)36-26-14-27(35-16-34-26)41-21-8-9-22-18(12-21)4-2-6-23(22)28(40)37-20-7-10-25(24(13-20)29(30,31)32)38-11-3-5-19(33)15-38/h2,4,6-10,12-14,16,19H,3,5,11,15,33H2,1H3,(H,37,40)(H,34,35,36,39)/t19-/m1/s1. The van der Waals surface area contributed by atoms with Crippen molar-refractivity contribution in [2.24, 2.45) is 5.73 Å². The van der Waals surface area contributed by atoms with Crippen molar-refractivity contribution in [2.45, 2.75) is 32.0 Å². The van der Waals surface area contributed by atoms with E-state index < -0.39 is 17.6 Å². The molecule has 1 fully saturated rings. The van der Waals surface area contributed by atoms with Gasteiger partial charge in [0.1, 0.15) is 17.9 Å². The zero-order valence-electron chi connectivity index (χ0n) is 22.0. The van der Waals surface area contributed by atoms with Crippen molar-refractivity contribution in [1.29, 1.82) is 0 Å². The largest absolute Gasteiger partial charge is 0.439 e. The van der Waals surface area contributed by atoms with Gasteiger partial charge in [-0.1, -0.05) is 12.1 Å². The van der Waals surface area contributed by atoms with Gasteiger partial charge in [-0.2, -0.15) is 13.2 Å². The van der Waals surface area contributed by atoms with Gasteiger partial charge in [-0.25, -0.2) is 9.97 Å². The van der Waals surface area contributed by atoms with Gasteiger partial charge in [-0.15, -0.1) is 0 Å². The minimum absolute atomic E-state index is 0.0306. The maximum atomic E-state index is 14.0. The molecule has 0 spiro atoms. The van der Waals surface area contributed by atoms with Crippen LogP contribution in [-0.4, -0.2) is 40.9 Å². The zero-order valence-corrected chi connectivity index (χ0v) is 22.0. The number of piperidine rings is 1. The van der Waals surface area contributed by atoms with E-state index in [2.05, 4.69) is 20.6 Å². The highest BCUT2D eigenvalue weighted by Gasteiger charge is 2.36. The highest BCUT2D eigenvalue weighted by Crippen LogP contribution is 2.39. The Kier molecular flexibility index (Phi) is 7.75. The molecule has 41 heavy (non-hydrogen) atoms. The maximum absolute atomic E-state index is 14.0. The van der Waals surface area contributed by atoms with E-state index in [0.29, 0.717) is 36.0 Å². The monoisotopic (exact) mass is 564 g/mol. The molecule has 4 aromatic rings. The third-order valence-corrected chi connectivity index (χ3v) is 6.62. The molecule has 0 saturated carbocycles. The molecule has 9 nitrogen and oxygen atoms in total. The van der Waals surface area contributed by atoms with Gasteiger partial charge in [0.2, 0.25) is 11.8 Å². The van der Waals surface area contributed by atoms with E-state index in [4.69, 9.17) is 10.5 Å². The fraction of sp³-hybridized carbons (Fsp3) is 0.241. The second-order valence-electron chi connectivity index (χ2n) is 9.75. The number of fused-ring (bicyclic) bond motifs is 1. The molecule has 0 bridgehead atoms. The quantitative estimate of drug-likeness (QED) is 0.280. The van der Waals surface area contributed by atoms with Crippen LogP contribution < -0.4 is 26.0 Å². The summed E-state index contributed by atoms with van der Waals surface area (Å²) in [6, 6.07) is 15.2. The molecule has 2 heterocycles. The predicted molar refractivity (Wildman–Crippen MR) is 149 cm³/mol. The summed E-state index contributed by atoms with van der Waals surface area (Å²) in [5.41, 5.74) is 5.53. The van der Waals surface area contributed by atoms with E-state index in [-0.39, 0.29) is 40.6 Å². The van der Waals surface area contributed by atoms with E-state index in [1.807, 2.05) is 0 Å². The summed E-state index contributed by atoms with van der Waals surface area (Å²) in [4.78, 5) is 34.1. The van der Waals surface area contributed by atoms with Gasteiger partial charge in [0.25, 0.3) is 5.91 Å². The number of nitrogens with one attached hydrogen (secondary N) is 2. The lowest BCUT2D eigenvalue weighted by atomic mass is 10.0. The first kappa shape index (κ1) is 27.8. The van der Waals surface area contributed by atoms with Crippen LogP contribution in [0.2, 0.25) is 0 Å². The Hall–Kier alpha value is -4.71. The SMILES string of the molecule is CC(=O)Nc1cc(Oc2ccc3c(C(=O)Nc4ccc(N5CCC[C@@H](N)C5)c(C(F)(F)F)c4)cccc3c2)ncn1. The Morgan fingerprint density at radius 3 is 2.63 bits per heavy atom. The summed E-state index contributed by atoms with van der Waals surface area (Å²) in [7, 11) is 0. The van der Waals surface area contributed by atoms with Crippen LogP contribution >= 0.6 is 0 Å². The molecule has 0 radical (unpaired) electrons. The molecule has 1 aliphatic heterocycles. The van der Waals surface area contributed by atoms with Crippen LogP contribution in [0.5, 0.6) is 11.6 Å². The zero-order chi connectivity index (χ0) is 29.1. The fourth-order valence-electron chi connectivity index (χ4n) is 4.83. The van der Waals surface area contributed by atoms with Gasteiger partial charge in [0.05, 0.1) is 5.56 Å². The number of aromatic nitrogens is 2. The molecule has 1 aliphatic rings. The number of ether oxygens (including phenoxy) is 1. The van der Waals surface area contributed by atoms with Gasteiger partial charge in [0.15, 0.2) is 0 Å². The van der Waals surface area contributed by atoms with Crippen molar-refractivity contribution in [3.05, 3.63) is 78.1 Å². The van der Waals surface area contributed by atoms with Crippen LogP contribution in [0.25, 0.3) is 10.8 Å². The lowest BCUT2D eigenvalue weighted by Crippen LogP contribution is -2.43. The summed E-state index contributed by atoms with van der Waals surface area (Å²) in [5, 5.41) is 6.41. The lowest BCUT2D eigenvalue weighted by Gasteiger charge is -2.34. The van der Waals surface area contributed by atoms with Crippen LogP contribution in [-0.2, 0) is 11.0 Å². The van der Waals surface area contributed by atoms with E-state index >= 15 is 0 Å². The van der Waals surface area contributed by atoms with Crippen molar-refractivity contribution in [2.75, 3.05) is 28.6 Å². The highest BCUT2D eigenvalue weighted by molar-refractivity contribution is 6.13. The maximum Gasteiger partial charge on any atom is 0.418 e. The third kappa shape index (κ3) is 6.55. The molecule has 4 N–H and O–H groups in total. The number of carbonyl (C=O) groups is 2. The van der Waals surface area contributed by atoms with Crippen LogP contribution in [0.4, 0.5) is 30.4 Å². The van der Waals surface area contributed by atoms with E-state index in [0.717, 1.165) is 12.5 Å². The van der Waals surface area contributed by atoms with E-state index in [1.165, 1.54) is 31.5 Å². The first-order valence-electron chi connectivity index (χ1n) is 12.9. The number of rotatable bonds is 6. The second-order valence-corrected chi connectivity index (χ2v) is 9.75. The summed E-state index contributed by atoms with van der Waals surface area (Å²) >= 11 is 0. The molecular formula is C29H27F3N6O3. The number of hydrogen-bond donors (Lipinski definition) is 3. The van der Waals surface area contributed by atoms with Gasteiger partial charge >= 0.3 is 6.18 Å². The summed E-state index contributed by atoms with van der Waals surface area (Å²) in [5.74, 6) is 0.0608. The molecule has 5 rings (SSSR count). The molecule has 2 amide bonds. The number of benzene rings is 3. The average molecular weight is 565 g/mol. The second kappa shape index (κ2) is 11.4. The number of alkyl halides is 3. The summed E-state index contributed by atoms with van der Waals surface area (Å²) < 4.78 is 47.8. The highest BCUT2D eigenvalue weighted by atomic mass is 19.4. The number of carbonyl (C=O) groups excluding carboxylic acids is 2. The fourth-order valence-corrected chi connectivity index (χ4v) is 4.83. The minimum Gasteiger partial charge on any atom is -0.439 e. The van der Waals surface area contributed by atoms with Crippen molar-refractivity contribution < 1.29 is 27.5 Å². The smallest absolute Gasteiger partial charge is 0.418 e. The minimum atomic E-state index is -4.61. The van der Waals surface area contributed by atoms with Crippen molar-refractivity contribution in [1.82, 2.24) is 9.97 Å². The Labute approximate surface area is 233 Å². The summed E-state index contributed by atoms with van der Waals surface area (Å²) in [6.45, 7) is 2.18. The lowest BCUT2D eigenvalue weighted by molar-refractivity contribution is -0.137. The average Bonchev–Trinajstić information content (AvgIpc) is 2.92. The van der Waals surface area contributed by atoms with Crippen LogP contribution in [0.15, 0.2) is 67.0 Å². The first-order chi connectivity index (χ1) is 19.6. The van der Waals surface area contributed by atoms with Crippen LogP contribution in [0.1, 0.15) is 35.7 Å². The molecule has 0 aliphatic carbocycles. The number of nitrogens with zero attached hydrogens (tertiary/aromatic N) is 3. The summed E-state index contributed by atoms with van der Waals surface area (Å²) in [6.07, 6.45) is -1.88. The number of hydrogen-bond acceptors (Lipinski definition) is 7.